The van der Waals surface area contributed by atoms with Crippen molar-refractivity contribution >= 4 is 44.5 Å². The summed E-state index contributed by atoms with van der Waals surface area (Å²) < 4.78 is 0.943. The maximum Gasteiger partial charge on any atom is 0.238 e. The van der Waals surface area contributed by atoms with Crippen LogP contribution < -0.4 is 11.3 Å². The van der Waals surface area contributed by atoms with E-state index < -0.39 is 0 Å². The van der Waals surface area contributed by atoms with E-state index in [1.165, 1.54) is 11.8 Å². The number of para-hydroxylation sites is 1. The lowest BCUT2D eigenvalue weighted by Gasteiger charge is -2.07. The molecule has 100 valence electrons. The molecule has 0 spiro atoms. The van der Waals surface area contributed by atoms with Crippen molar-refractivity contribution in [3.63, 3.8) is 0 Å². The van der Waals surface area contributed by atoms with Crippen LogP contribution in [0.2, 0.25) is 0 Å². The zero-order valence-corrected chi connectivity index (χ0v) is 12.6. The second-order valence-corrected chi connectivity index (χ2v) is 5.86. The van der Waals surface area contributed by atoms with Crippen molar-refractivity contribution in [3.05, 3.63) is 47.1 Å². The number of fused-ring (bicyclic) bond motifs is 1. The van der Waals surface area contributed by atoms with Crippen molar-refractivity contribution in [2.75, 3.05) is 5.43 Å². The molecule has 20 heavy (non-hydrogen) atoms. The van der Waals surface area contributed by atoms with E-state index in [2.05, 4.69) is 36.3 Å². The van der Waals surface area contributed by atoms with Crippen LogP contribution in [-0.4, -0.2) is 15.0 Å². The number of hydrogen-bond acceptors (Lipinski definition) is 6. The van der Waals surface area contributed by atoms with Gasteiger partial charge in [-0.05, 0) is 45.9 Å². The van der Waals surface area contributed by atoms with Gasteiger partial charge in [-0.15, -0.1) is 0 Å². The minimum Gasteiger partial charge on any atom is -0.292 e. The van der Waals surface area contributed by atoms with Crippen LogP contribution in [0.1, 0.15) is 0 Å². The van der Waals surface area contributed by atoms with Crippen LogP contribution in [-0.2, 0) is 0 Å². The number of nitrogens with zero attached hydrogens (tertiary/aromatic N) is 3. The second-order valence-electron chi connectivity index (χ2n) is 3.93. The lowest BCUT2D eigenvalue weighted by molar-refractivity contribution is 1.06. The van der Waals surface area contributed by atoms with Gasteiger partial charge in [-0.25, -0.2) is 20.8 Å². The number of hydrogen-bond donors (Lipinski definition) is 2. The summed E-state index contributed by atoms with van der Waals surface area (Å²) in [4.78, 5) is 13.1. The number of nitrogens with two attached hydrogens (primary N) is 1. The molecular weight excluding hydrogens is 338 g/mol. The number of nitrogens with one attached hydrogen (secondary N) is 1. The normalized spacial score (nSPS) is 10.7. The van der Waals surface area contributed by atoms with Gasteiger partial charge in [-0.3, -0.25) is 5.43 Å². The molecule has 2 heterocycles. The average Bonchev–Trinajstić information content (AvgIpc) is 2.49. The molecule has 0 radical (unpaired) electrons. The standard InChI is InChI=1S/C13H10BrN5S/c14-8-5-6-11(16-7-8)20-12-9-3-1-2-4-10(9)17-13(18-12)19-15/h1-7H,15H2,(H,17,18,19). The van der Waals surface area contributed by atoms with E-state index in [1.807, 2.05) is 36.4 Å². The quantitative estimate of drug-likeness (QED) is 0.430. The molecule has 0 aliphatic carbocycles. The van der Waals surface area contributed by atoms with Crippen molar-refractivity contribution in [1.29, 1.82) is 0 Å². The van der Waals surface area contributed by atoms with Crippen LogP contribution in [0.5, 0.6) is 0 Å². The highest BCUT2D eigenvalue weighted by atomic mass is 79.9. The summed E-state index contributed by atoms with van der Waals surface area (Å²) in [6.45, 7) is 0. The molecule has 0 atom stereocenters. The largest absolute Gasteiger partial charge is 0.292 e. The monoisotopic (exact) mass is 347 g/mol. The molecule has 0 fully saturated rings. The summed E-state index contributed by atoms with van der Waals surface area (Å²) in [5, 5.41) is 2.65. The fourth-order valence-corrected chi connectivity index (χ4v) is 2.80. The smallest absolute Gasteiger partial charge is 0.238 e. The summed E-state index contributed by atoms with van der Waals surface area (Å²) in [5.41, 5.74) is 3.33. The molecule has 3 N–H and O–H groups in total. The molecule has 3 rings (SSSR count). The topological polar surface area (TPSA) is 76.7 Å². The number of benzene rings is 1. The minimum absolute atomic E-state index is 0.392. The number of rotatable bonds is 3. The van der Waals surface area contributed by atoms with Crippen LogP contribution in [0.3, 0.4) is 0 Å². The van der Waals surface area contributed by atoms with Crippen LogP contribution >= 0.6 is 27.7 Å². The third-order valence-electron chi connectivity index (χ3n) is 2.60. The van der Waals surface area contributed by atoms with Crippen LogP contribution in [0.4, 0.5) is 5.95 Å². The van der Waals surface area contributed by atoms with E-state index in [0.717, 1.165) is 25.4 Å². The Balaban J connectivity index is 2.07. The zero-order valence-electron chi connectivity index (χ0n) is 10.2. The third kappa shape index (κ3) is 2.74. The number of halogens is 1. The summed E-state index contributed by atoms with van der Waals surface area (Å²) in [6.07, 6.45) is 1.76. The molecule has 2 aromatic heterocycles. The second kappa shape index (κ2) is 5.74. The molecule has 0 saturated carbocycles. The molecule has 5 nitrogen and oxygen atoms in total. The first-order valence-electron chi connectivity index (χ1n) is 5.79. The van der Waals surface area contributed by atoms with Crippen LogP contribution in [0.15, 0.2) is 57.1 Å². The Kier molecular flexibility index (Phi) is 3.81. The Hall–Kier alpha value is -1.70. The van der Waals surface area contributed by atoms with E-state index in [4.69, 9.17) is 5.84 Å². The van der Waals surface area contributed by atoms with Gasteiger partial charge in [0.05, 0.1) is 5.52 Å². The highest BCUT2D eigenvalue weighted by Crippen LogP contribution is 2.31. The lowest BCUT2D eigenvalue weighted by Crippen LogP contribution is -2.10. The van der Waals surface area contributed by atoms with Crippen molar-refractivity contribution in [2.24, 2.45) is 5.84 Å². The first-order valence-corrected chi connectivity index (χ1v) is 7.40. The predicted molar refractivity (Wildman–Crippen MR) is 83.4 cm³/mol. The Morgan fingerprint density at radius 2 is 1.95 bits per heavy atom. The number of hydrazine groups is 1. The van der Waals surface area contributed by atoms with Gasteiger partial charge in [0.1, 0.15) is 10.1 Å². The molecular formula is C13H10BrN5S. The van der Waals surface area contributed by atoms with Gasteiger partial charge in [-0.2, -0.15) is 0 Å². The van der Waals surface area contributed by atoms with Crippen LogP contribution in [0.25, 0.3) is 10.9 Å². The van der Waals surface area contributed by atoms with Crippen molar-refractivity contribution < 1.29 is 0 Å². The Labute approximate surface area is 128 Å². The minimum atomic E-state index is 0.392. The number of nitrogen functional groups attached to an aromatic ring is 1. The van der Waals surface area contributed by atoms with Gasteiger partial charge < -0.3 is 0 Å². The van der Waals surface area contributed by atoms with Gasteiger partial charge in [0.25, 0.3) is 0 Å². The summed E-state index contributed by atoms with van der Waals surface area (Å²) >= 11 is 4.85. The van der Waals surface area contributed by atoms with Crippen LogP contribution in [0, 0.1) is 0 Å². The van der Waals surface area contributed by atoms with E-state index >= 15 is 0 Å². The van der Waals surface area contributed by atoms with E-state index in [1.54, 1.807) is 6.20 Å². The van der Waals surface area contributed by atoms with Gasteiger partial charge >= 0.3 is 0 Å². The van der Waals surface area contributed by atoms with Crippen molar-refractivity contribution in [1.82, 2.24) is 15.0 Å². The SMILES string of the molecule is NNc1nc(Sc2ccc(Br)cn2)c2ccccc2n1. The maximum absolute atomic E-state index is 5.42. The van der Waals surface area contributed by atoms with Gasteiger partial charge in [0.15, 0.2) is 0 Å². The van der Waals surface area contributed by atoms with Crippen molar-refractivity contribution in [3.8, 4) is 0 Å². The average molecular weight is 348 g/mol. The third-order valence-corrected chi connectivity index (χ3v) is 4.02. The summed E-state index contributed by atoms with van der Waals surface area (Å²) in [6, 6.07) is 11.7. The molecule has 0 aliphatic heterocycles. The predicted octanol–water partition coefficient (Wildman–Crippen LogP) is 3.22. The lowest BCUT2D eigenvalue weighted by atomic mass is 10.2. The molecule has 1 aromatic carbocycles. The summed E-state index contributed by atoms with van der Waals surface area (Å²) in [7, 11) is 0. The van der Waals surface area contributed by atoms with E-state index in [9.17, 15) is 0 Å². The molecule has 3 aromatic rings. The Morgan fingerprint density at radius 3 is 2.70 bits per heavy atom. The Bertz CT molecular complexity index is 747. The summed E-state index contributed by atoms with van der Waals surface area (Å²) in [5.74, 6) is 5.81. The first kappa shape index (κ1) is 13.3. The highest BCUT2D eigenvalue weighted by molar-refractivity contribution is 9.10. The Morgan fingerprint density at radius 1 is 1.10 bits per heavy atom. The zero-order chi connectivity index (χ0) is 13.9. The fourth-order valence-electron chi connectivity index (χ4n) is 1.71. The molecule has 0 aliphatic rings. The molecule has 0 amide bonds. The highest BCUT2D eigenvalue weighted by Gasteiger charge is 2.09. The maximum atomic E-state index is 5.42. The van der Waals surface area contributed by atoms with Gasteiger partial charge in [-0.1, -0.05) is 18.2 Å². The van der Waals surface area contributed by atoms with Crippen molar-refractivity contribution in [2.45, 2.75) is 10.1 Å². The fraction of sp³-hybridized carbons (Fsp3) is 0. The van der Waals surface area contributed by atoms with E-state index in [0.29, 0.717) is 5.95 Å². The molecule has 7 heteroatoms. The number of aromatic nitrogens is 3. The van der Waals surface area contributed by atoms with Gasteiger partial charge in [0, 0.05) is 16.1 Å². The number of pyridine rings is 1. The first-order chi connectivity index (χ1) is 9.76. The molecule has 0 unspecified atom stereocenters. The van der Waals surface area contributed by atoms with E-state index in [-0.39, 0.29) is 0 Å². The number of anilines is 1. The van der Waals surface area contributed by atoms with Gasteiger partial charge in [0.2, 0.25) is 5.95 Å². The molecule has 0 bridgehead atoms. The molecule has 0 saturated heterocycles.